The molecule has 0 bridgehead atoms. The highest BCUT2D eigenvalue weighted by atomic mass is 16.2. The molecule has 1 atom stereocenters. The molecule has 1 aliphatic rings. The van der Waals surface area contributed by atoms with Crippen molar-refractivity contribution in [2.45, 2.75) is 12.5 Å². The fourth-order valence-corrected chi connectivity index (χ4v) is 4.93. The molecule has 2 heterocycles. The summed E-state index contributed by atoms with van der Waals surface area (Å²) in [5, 5.41) is 3.50. The SMILES string of the molecule is O=C(c1ccc2ccccc2c1)N1CCc2c([nH]c3ccccc23)C1c1ccccc1. The van der Waals surface area contributed by atoms with Crippen LogP contribution in [0.5, 0.6) is 0 Å². The number of carbonyl (C=O) groups is 1. The lowest BCUT2D eigenvalue weighted by atomic mass is 9.91. The van der Waals surface area contributed by atoms with E-state index in [2.05, 4.69) is 53.5 Å². The molecule has 150 valence electrons. The zero-order chi connectivity index (χ0) is 20.8. The van der Waals surface area contributed by atoms with Crippen LogP contribution in [0, 0.1) is 0 Å². The summed E-state index contributed by atoms with van der Waals surface area (Å²) in [4.78, 5) is 19.4. The molecule has 0 fully saturated rings. The molecule has 5 aromatic rings. The minimum atomic E-state index is -0.128. The molecule has 1 aliphatic heterocycles. The molecular weight excluding hydrogens is 380 g/mol. The number of nitrogens with zero attached hydrogens (tertiary/aromatic N) is 1. The van der Waals surface area contributed by atoms with E-state index in [9.17, 15) is 4.79 Å². The van der Waals surface area contributed by atoms with Gasteiger partial charge in [0, 0.05) is 28.7 Å². The van der Waals surface area contributed by atoms with Gasteiger partial charge in [0.05, 0.1) is 6.04 Å². The fraction of sp³-hybridized carbons (Fsp3) is 0.107. The Morgan fingerprint density at radius 3 is 2.42 bits per heavy atom. The molecule has 1 unspecified atom stereocenters. The van der Waals surface area contributed by atoms with Crippen LogP contribution < -0.4 is 0 Å². The minimum absolute atomic E-state index is 0.0731. The molecule has 1 amide bonds. The number of carbonyl (C=O) groups excluding carboxylic acids is 1. The van der Waals surface area contributed by atoms with Gasteiger partial charge in [-0.15, -0.1) is 0 Å². The van der Waals surface area contributed by atoms with Crippen LogP contribution in [0.4, 0.5) is 0 Å². The topological polar surface area (TPSA) is 36.1 Å². The van der Waals surface area contributed by atoms with Crippen LogP contribution >= 0.6 is 0 Å². The van der Waals surface area contributed by atoms with Gasteiger partial charge < -0.3 is 9.88 Å². The molecule has 3 heteroatoms. The second-order valence-electron chi connectivity index (χ2n) is 8.19. The van der Waals surface area contributed by atoms with Gasteiger partial charge in [0.15, 0.2) is 0 Å². The lowest BCUT2D eigenvalue weighted by molar-refractivity contribution is 0.0692. The molecule has 6 rings (SSSR count). The Kier molecular flexibility index (Phi) is 4.13. The number of benzene rings is 4. The molecule has 1 N–H and O–H groups in total. The van der Waals surface area contributed by atoms with E-state index in [0.717, 1.165) is 39.5 Å². The molecule has 31 heavy (non-hydrogen) atoms. The largest absolute Gasteiger partial charge is 0.356 e. The van der Waals surface area contributed by atoms with Crippen molar-refractivity contribution in [3.63, 3.8) is 0 Å². The van der Waals surface area contributed by atoms with Gasteiger partial charge in [0.2, 0.25) is 0 Å². The molecule has 0 spiro atoms. The Balaban J connectivity index is 1.49. The summed E-state index contributed by atoms with van der Waals surface area (Å²) in [6.07, 6.45) is 0.849. The number of amides is 1. The molecule has 1 aromatic heterocycles. The molecule has 0 aliphatic carbocycles. The average molecular weight is 402 g/mol. The lowest BCUT2D eigenvalue weighted by Crippen LogP contribution is -2.40. The summed E-state index contributed by atoms with van der Waals surface area (Å²) < 4.78 is 0. The predicted molar refractivity (Wildman–Crippen MR) is 125 cm³/mol. The number of nitrogens with one attached hydrogen (secondary N) is 1. The minimum Gasteiger partial charge on any atom is -0.356 e. The third kappa shape index (κ3) is 2.93. The number of aromatic amines is 1. The first-order chi connectivity index (χ1) is 15.3. The van der Waals surface area contributed by atoms with Crippen molar-refractivity contribution in [2.75, 3.05) is 6.54 Å². The van der Waals surface area contributed by atoms with Crippen LogP contribution in [0.3, 0.4) is 0 Å². The van der Waals surface area contributed by atoms with E-state index in [-0.39, 0.29) is 11.9 Å². The lowest BCUT2D eigenvalue weighted by Gasteiger charge is -2.36. The maximum absolute atomic E-state index is 13.8. The maximum Gasteiger partial charge on any atom is 0.254 e. The van der Waals surface area contributed by atoms with E-state index < -0.39 is 0 Å². The summed E-state index contributed by atoms with van der Waals surface area (Å²) in [6.45, 7) is 0.695. The Morgan fingerprint density at radius 2 is 1.55 bits per heavy atom. The highest BCUT2D eigenvalue weighted by Crippen LogP contribution is 2.39. The van der Waals surface area contributed by atoms with Gasteiger partial charge in [-0.1, -0.05) is 78.9 Å². The van der Waals surface area contributed by atoms with Crippen LogP contribution in [0.2, 0.25) is 0 Å². The highest BCUT2D eigenvalue weighted by Gasteiger charge is 2.34. The van der Waals surface area contributed by atoms with E-state index in [0.29, 0.717) is 6.54 Å². The first-order valence-corrected chi connectivity index (χ1v) is 10.7. The first kappa shape index (κ1) is 18.0. The summed E-state index contributed by atoms with van der Waals surface area (Å²) in [7, 11) is 0. The van der Waals surface area contributed by atoms with E-state index in [1.165, 1.54) is 10.9 Å². The molecule has 0 radical (unpaired) electrons. The number of H-pyrrole nitrogens is 1. The molecule has 3 nitrogen and oxygen atoms in total. The van der Waals surface area contributed by atoms with Crippen molar-refractivity contribution in [3.8, 4) is 0 Å². The molecule has 0 saturated heterocycles. The fourth-order valence-electron chi connectivity index (χ4n) is 4.93. The third-order valence-electron chi connectivity index (χ3n) is 6.41. The van der Waals surface area contributed by atoms with Crippen molar-refractivity contribution in [1.82, 2.24) is 9.88 Å². The molecular formula is C28H22N2O. The second kappa shape index (κ2) is 7.13. The maximum atomic E-state index is 13.8. The zero-order valence-corrected chi connectivity index (χ0v) is 17.1. The number of hydrogen-bond acceptors (Lipinski definition) is 1. The smallest absolute Gasteiger partial charge is 0.254 e. The predicted octanol–water partition coefficient (Wildman–Crippen LogP) is 6.11. The van der Waals surface area contributed by atoms with E-state index in [1.807, 2.05) is 53.4 Å². The van der Waals surface area contributed by atoms with Gasteiger partial charge in [-0.3, -0.25) is 4.79 Å². The number of hydrogen-bond donors (Lipinski definition) is 1. The molecule has 4 aromatic carbocycles. The van der Waals surface area contributed by atoms with Gasteiger partial charge in [-0.25, -0.2) is 0 Å². The van der Waals surface area contributed by atoms with Gasteiger partial charge in [-0.05, 0) is 46.5 Å². The number of fused-ring (bicyclic) bond motifs is 4. The second-order valence-corrected chi connectivity index (χ2v) is 8.19. The summed E-state index contributed by atoms with van der Waals surface area (Å²) in [5.41, 5.74) is 5.46. The average Bonchev–Trinajstić information content (AvgIpc) is 3.22. The number of aromatic nitrogens is 1. The zero-order valence-electron chi connectivity index (χ0n) is 17.1. The van der Waals surface area contributed by atoms with Crippen LogP contribution in [0.1, 0.15) is 33.2 Å². The number of rotatable bonds is 2. The Hall–Kier alpha value is -3.85. The summed E-state index contributed by atoms with van der Waals surface area (Å²) in [5.74, 6) is 0.0731. The Morgan fingerprint density at radius 1 is 0.806 bits per heavy atom. The van der Waals surface area contributed by atoms with Crippen LogP contribution in [-0.4, -0.2) is 22.3 Å². The summed E-state index contributed by atoms with van der Waals surface area (Å²) >= 11 is 0. The van der Waals surface area contributed by atoms with Gasteiger partial charge in [0.1, 0.15) is 0 Å². The normalized spacial score (nSPS) is 15.9. The van der Waals surface area contributed by atoms with E-state index in [1.54, 1.807) is 0 Å². The van der Waals surface area contributed by atoms with Gasteiger partial charge in [0.25, 0.3) is 5.91 Å². The van der Waals surface area contributed by atoms with Crippen molar-refractivity contribution < 1.29 is 4.79 Å². The van der Waals surface area contributed by atoms with Crippen LogP contribution in [0.15, 0.2) is 97.1 Å². The van der Waals surface area contributed by atoms with Crippen molar-refractivity contribution in [3.05, 3.63) is 119 Å². The van der Waals surface area contributed by atoms with E-state index in [4.69, 9.17) is 0 Å². The quantitative estimate of drug-likeness (QED) is 0.380. The Labute approximate surface area is 180 Å². The number of para-hydroxylation sites is 1. The van der Waals surface area contributed by atoms with Crippen LogP contribution in [0.25, 0.3) is 21.7 Å². The third-order valence-corrected chi connectivity index (χ3v) is 6.41. The van der Waals surface area contributed by atoms with Crippen molar-refractivity contribution in [1.29, 1.82) is 0 Å². The van der Waals surface area contributed by atoms with E-state index >= 15 is 0 Å². The highest BCUT2D eigenvalue weighted by molar-refractivity contribution is 5.99. The monoisotopic (exact) mass is 402 g/mol. The van der Waals surface area contributed by atoms with Gasteiger partial charge in [-0.2, -0.15) is 0 Å². The first-order valence-electron chi connectivity index (χ1n) is 10.7. The summed E-state index contributed by atoms with van der Waals surface area (Å²) in [6, 6.07) is 32.8. The molecule has 0 saturated carbocycles. The van der Waals surface area contributed by atoms with Crippen LogP contribution in [-0.2, 0) is 6.42 Å². The Bertz CT molecular complexity index is 1420. The van der Waals surface area contributed by atoms with Crippen molar-refractivity contribution in [2.24, 2.45) is 0 Å². The van der Waals surface area contributed by atoms with Crippen molar-refractivity contribution >= 4 is 27.6 Å². The van der Waals surface area contributed by atoms with Gasteiger partial charge >= 0.3 is 0 Å². The standard InChI is InChI=1S/C28H22N2O/c31-28(22-15-14-19-8-4-5-11-21(19)18-22)30-17-16-24-23-12-6-7-13-25(23)29-26(24)27(30)20-9-2-1-3-10-20/h1-15,18,27,29H,16-17H2.